The molecule has 1 saturated heterocycles. The molecule has 0 aromatic heterocycles. The van der Waals surface area contributed by atoms with Crippen molar-refractivity contribution >= 4 is 5.78 Å². The minimum absolute atomic E-state index is 0.0957. The van der Waals surface area contributed by atoms with Gasteiger partial charge < -0.3 is 4.74 Å². The molecule has 3 heteroatoms. The third-order valence-corrected chi connectivity index (χ3v) is 5.87. The predicted octanol–water partition coefficient (Wildman–Crippen LogP) is 3.77. The molecule has 0 radical (unpaired) electrons. The highest BCUT2D eigenvalue weighted by atomic mass is 16.5. The topological polar surface area (TPSA) is 50.1 Å². The fraction of sp³-hybridized carbons (Fsp3) is 0.882. The normalized spacial score (nSPS) is 38.5. The van der Waals surface area contributed by atoms with Crippen molar-refractivity contribution in [1.82, 2.24) is 0 Å². The van der Waals surface area contributed by atoms with E-state index in [-0.39, 0.29) is 22.9 Å². The Morgan fingerprint density at radius 1 is 1.20 bits per heavy atom. The van der Waals surface area contributed by atoms with Crippen molar-refractivity contribution < 1.29 is 9.53 Å². The largest absolute Gasteiger partial charge is 0.372 e. The molecule has 3 nitrogen and oxygen atoms in total. The molecular weight excluding hydrogens is 250 g/mol. The molecule has 3 aliphatic rings. The van der Waals surface area contributed by atoms with Crippen molar-refractivity contribution in [1.29, 1.82) is 5.26 Å². The Kier molecular flexibility index (Phi) is 3.21. The predicted molar refractivity (Wildman–Crippen MR) is 76.0 cm³/mol. The van der Waals surface area contributed by atoms with E-state index in [2.05, 4.69) is 6.07 Å². The third kappa shape index (κ3) is 2.09. The summed E-state index contributed by atoms with van der Waals surface area (Å²) in [7, 11) is 0. The van der Waals surface area contributed by atoms with Gasteiger partial charge in [0.15, 0.2) is 5.78 Å². The summed E-state index contributed by atoms with van der Waals surface area (Å²) in [4.78, 5) is 12.6. The van der Waals surface area contributed by atoms with Crippen molar-refractivity contribution in [2.45, 2.75) is 83.3 Å². The van der Waals surface area contributed by atoms with Gasteiger partial charge in [0.05, 0.1) is 17.8 Å². The van der Waals surface area contributed by atoms with Gasteiger partial charge in [0.1, 0.15) is 5.41 Å². The van der Waals surface area contributed by atoms with Crippen LogP contribution in [0.15, 0.2) is 0 Å². The van der Waals surface area contributed by atoms with Gasteiger partial charge in [-0.25, -0.2) is 0 Å². The number of hydrogen-bond acceptors (Lipinski definition) is 3. The highest BCUT2D eigenvalue weighted by Crippen LogP contribution is 2.51. The molecule has 0 N–H and O–H groups in total. The summed E-state index contributed by atoms with van der Waals surface area (Å²) in [6, 6.07) is 2.36. The van der Waals surface area contributed by atoms with Crippen molar-refractivity contribution in [3.63, 3.8) is 0 Å². The molecule has 0 bridgehead atoms. The molecule has 1 aliphatic heterocycles. The fourth-order valence-corrected chi connectivity index (χ4v) is 4.56. The summed E-state index contributed by atoms with van der Waals surface area (Å²) in [5.74, 6) is 0.142. The Hall–Kier alpha value is -0.880. The number of Topliss-reactive ketones (excluding diaryl/α,β-unsaturated/α-hetero) is 1. The zero-order valence-corrected chi connectivity index (χ0v) is 12.7. The first kappa shape index (κ1) is 14.1. The van der Waals surface area contributed by atoms with Crippen LogP contribution in [-0.4, -0.2) is 17.5 Å². The SMILES string of the molecule is CC1(C)CCC(C#N)(CC2CCC3(CCCC3)O2)C1=O. The van der Waals surface area contributed by atoms with Crippen LogP contribution in [0.2, 0.25) is 0 Å². The summed E-state index contributed by atoms with van der Waals surface area (Å²) in [5.41, 5.74) is -1.02. The lowest BCUT2D eigenvalue weighted by Crippen LogP contribution is -2.35. The van der Waals surface area contributed by atoms with Gasteiger partial charge in [0.25, 0.3) is 0 Å². The standard InChI is InChI=1S/C17H25NO2/c1-15(2)9-10-16(12-18,14(15)19)11-13-5-8-17(20-13)6-3-4-7-17/h13H,3-11H2,1-2H3. The average Bonchev–Trinajstić information content (AvgIpc) is 3.09. The number of ether oxygens (including phenoxy) is 1. The summed E-state index contributed by atoms with van der Waals surface area (Å²) in [6.07, 6.45) is 9.29. The van der Waals surface area contributed by atoms with Crippen LogP contribution in [0.4, 0.5) is 0 Å². The van der Waals surface area contributed by atoms with E-state index >= 15 is 0 Å². The van der Waals surface area contributed by atoms with E-state index in [0.29, 0.717) is 12.8 Å². The molecule has 20 heavy (non-hydrogen) atoms. The lowest BCUT2D eigenvalue weighted by Gasteiger charge is -2.28. The van der Waals surface area contributed by atoms with Gasteiger partial charge in [0.2, 0.25) is 0 Å². The van der Waals surface area contributed by atoms with Crippen LogP contribution in [0.25, 0.3) is 0 Å². The molecule has 3 fully saturated rings. The minimum Gasteiger partial charge on any atom is -0.372 e. The molecule has 2 aliphatic carbocycles. The van der Waals surface area contributed by atoms with Crippen molar-refractivity contribution in [2.75, 3.05) is 0 Å². The van der Waals surface area contributed by atoms with Crippen molar-refractivity contribution in [3.8, 4) is 6.07 Å². The molecule has 2 unspecified atom stereocenters. The molecule has 2 atom stereocenters. The van der Waals surface area contributed by atoms with E-state index in [1.54, 1.807) is 0 Å². The van der Waals surface area contributed by atoms with Crippen LogP contribution in [-0.2, 0) is 9.53 Å². The van der Waals surface area contributed by atoms with E-state index < -0.39 is 5.41 Å². The number of nitrogens with zero attached hydrogens (tertiary/aromatic N) is 1. The molecule has 0 aromatic carbocycles. The van der Waals surface area contributed by atoms with E-state index in [1.807, 2.05) is 13.8 Å². The van der Waals surface area contributed by atoms with Crippen LogP contribution in [0.1, 0.15) is 71.6 Å². The third-order valence-electron chi connectivity index (χ3n) is 5.87. The second-order valence-corrected chi connectivity index (χ2v) is 7.78. The van der Waals surface area contributed by atoms with Gasteiger partial charge in [-0.3, -0.25) is 4.79 Å². The quantitative estimate of drug-likeness (QED) is 0.771. The number of hydrogen-bond donors (Lipinski definition) is 0. The van der Waals surface area contributed by atoms with Crippen molar-refractivity contribution in [2.24, 2.45) is 10.8 Å². The van der Waals surface area contributed by atoms with E-state index in [0.717, 1.165) is 19.3 Å². The molecule has 1 spiro atoms. The Morgan fingerprint density at radius 2 is 1.90 bits per heavy atom. The Morgan fingerprint density at radius 3 is 2.45 bits per heavy atom. The lowest BCUT2D eigenvalue weighted by atomic mass is 9.77. The maximum Gasteiger partial charge on any atom is 0.158 e. The second-order valence-electron chi connectivity index (χ2n) is 7.78. The Balaban J connectivity index is 1.71. The Bertz CT molecular complexity index is 456. The van der Waals surface area contributed by atoms with Gasteiger partial charge in [-0.05, 0) is 44.9 Å². The highest BCUT2D eigenvalue weighted by Gasteiger charge is 2.54. The van der Waals surface area contributed by atoms with Crippen LogP contribution in [0, 0.1) is 22.2 Å². The molecule has 3 rings (SSSR count). The fourth-order valence-electron chi connectivity index (χ4n) is 4.56. The molecule has 0 amide bonds. The van der Waals surface area contributed by atoms with Crippen LogP contribution >= 0.6 is 0 Å². The van der Waals surface area contributed by atoms with Gasteiger partial charge in [-0.2, -0.15) is 5.26 Å². The van der Waals surface area contributed by atoms with Crippen LogP contribution in [0.3, 0.4) is 0 Å². The van der Waals surface area contributed by atoms with Crippen LogP contribution < -0.4 is 0 Å². The van der Waals surface area contributed by atoms with Crippen molar-refractivity contribution in [3.05, 3.63) is 0 Å². The molecule has 1 heterocycles. The first-order valence-corrected chi connectivity index (χ1v) is 8.06. The first-order chi connectivity index (χ1) is 9.41. The zero-order chi connectivity index (χ0) is 14.4. The lowest BCUT2D eigenvalue weighted by molar-refractivity contribution is -0.132. The number of carbonyl (C=O) groups is 1. The summed E-state index contributed by atoms with van der Waals surface area (Å²) >= 11 is 0. The highest BCUT2D eigenvalue weighted by molar-refractivity contribution is 5.94. The smallest absolute Gasteiger partial charge is 0.158 e. The maximum atomic E-state index is 12.6. The summed E-state index contributed by atoms with van der Waals surface area (Å²) in [5, 5.41) is 9.61. The summed E-state index contributed by atoms with van der Waals surface area (Å²) in [6.45, 7) is 3.95. The van der Waals surface area contributed by atoms with E-state index in [4.69, 9.17) is 4.74 Å². The Labute approximate surface area is 121 Å². The van der Waals surface area contributed by atoms with E-state index in [9.17, 15) is 10.1 Å². The zero-order valence-electron chi connectivity index (χ0n) is 12.7. The number of ketones is 1. The van der Waals surface area contributed by atoms with Gasteiger partial charge >= 0.3 is 0 Å². The average molecular weight is 275 g/mol. The second kappa shape index (κ2) is 4.56. The molecule has 2 saturated carbocycles. The molecule has 110 valence electrons. The summed E-state index contributed by atoms with van der Waals surface area (Å²) < 4.78 is 6.31. The van der Waals surface area contributed by atoms with E-state index in [1.165, 1.54) is 25.7 Å². The van der Waals surface area contributed by atoms with Gasteiger partial charge in [-0.1, -0.05) is 26.7 Å². The van der Waals surface area contributed by atoms with Crippen LogP contribution in [0.5, 0.6) is 0 Å². The monoisotopic (exact) mass is 275 g/mol. The molecular formula is C17H25NO2. The molecule has 0 aromatic rings. The van der Waals surface area contributed by atoms with Gasteiger partial charge in [-0.15, -0.1) is 0 Å². The first-order valence-electron chi connectivity index (χ1n) is 8.06. The number of carbonyl (C=O) groups excluding carboxylic acids is 1. The maximum absolute atomic E-state index is 12.6. The minimum atomic E-state index is -0.779. The number of nitriles is 1. The van der Waals surface area contributed by atoms with Gasteiger partial charge in [0, 0.05) is 5.41 Å². The number of rotatable bonds is 2.